The fourth-order valence-corrected chi connectivity index (χ4v) is 5.84. The number of hydrogen-bond donors (Lipinski definition) is 2. The van der Waals surface area contributed by atoms with Crippen molar-refractivity contribution in [2.45, 2.75) is 76.0 Å². The van der Waals surface area contributed by atoms with Crippen LogP contribution in [0.15, 0.2) is 84.9 Å². The van der Waals surface area contributed by atoms with Crippen LogP contribution in [-0.4, -0.2) is 47.2 Å². The van der Waals surface area contributed by atoms with E-state index < -0.39 is 23.8 Å². The summed E-state index contributed by atoms with van der Waals surface area (Å²) in [5.74, 6) is 0.282. The fraction of sp³-hybridized carbons (Fsp3) is 0.382. The van der Waals surface area contributed by atoms with Crippen molar-refractivity contribution >= 4 is 17.6 Å². The number of amides is 2. The van der Waals surface area contributed by atoms with Gasteiger partial charge in [-0.25, -0.2) is 0 Å². The van der Waals surface area contributed by atoms with E-state index in [1.807, 2.05) is 84.9 Å². The molecule has 1 saturated heterocycles. The Labute approximate surface area is 242 Å². The molecule has 5 rings (SSSR count). The highest BCUT2D eigenvalue weighted by Crippen LogP contribution is 2.24. The molecule has 1 heterocycles. The molecule has 214 valence electrons. The van der Waals surface area contributed by atoms with Crippen molar-refractivity contribution in [1.82, 2.24) is 15.5 Å². The highest BCUT2D eigenvalue weighted by molar-refractivity contribution is 6.38. The number of nitrogens with one attached hydrogen (secondary N) is 2. The first-order chi connectivity index (χ1) is 20.1. The molecule has 1 aliphatic heterocycles. The van der Waals surface area contributed by atoms with Crippen molar-refractivity contribution in [2.75, 3.05) is 6.54 Å². The number of ketones is 1. The van der Waals surface area contributed by atoms with E-state index in [-0.39, 0.29) is 11.9 Å². The number of hydrogen-bond acceptors (Lipinski definition) is 5. The second-order valence-corrected chi connectivity index (χ2v) is 11.0. The summed E-state index contributed by atoms with van der Waals surface area (Å²) in [5.41, 5.74) is 2.00. The molecule has 3 aromatic carbocycles. The van der Waals surface area contributed by atoms with Crippen molar-refractivity contribution in [3.8, 4) is 11.5 Å². The van der Waals surface area contributed by atoms with Crippen molar-refractivity contribution in [3.05, 3.63) is 96.1 Å². The van der Waals surface area contributed by atoms with E-state index in [0.717, 1.165) is 48.3 Å². The van der Waals surface area contributed by atoms with Gasteiger partial charge in [0.2, 0.25) is 11.7 Å². The summed E-state index contributed by atoms with van der Waals surface area (Å²) >= 11 is 0. The molecule has 7 heteroatoms. The first-order valence-corrected chi connectivity index (χ1v) is 14.8. The zero-order valence-corrected chi connectivity index (χ0v) is 23.5. The molecule has 2 aliphatic rings. The molecular weight excluding hydrogens is 514 g/mol. The Kier molecular flexibility index (Phi) is 9.81. The lowest BCUT2D eigenvalue weighted by atomic mass is 9.95. The molecule has 0 unspecified atom stereocenters. The molecule has 1 saturated carbocycles. The lowest BCUT2D eigenvalue weighted by Gasteiger charge is -2.29. The summed E-state index contributed by atoms with van der Waals surface area (Å²) in [6.45, 7) is 0.920. The predicted molar refractivity (Wildman–Crippen MR) is 158 cm³/mol. The van der Waals surface area contributed by atoms with Gasteiger partial charge in [-0.05, 0) is 67.5 Å². The normalized spacial score (nSPS) is 18.0. The van der Waals surface area contributed by atoms with Crippen LogP contribution in [0.1, 0.15) is 56.1 Å². The van der Waals surface area contributed by atoms with E-state index >= 15 is 0 Å². The lowest BCUT2D eigenvalue weighted by Crippen LogP contribution is -2.54. The molecule has 1 aliphatic carbocycles. The molecule has 2 atom stereocenters. The van der Waals surface area contributed by atoms with Crippen molar-refractivity contribution in [1.29, 1.82) is 0 Å². The van der Waals surface area contributed by atoms with Crippen LogP contribution in [0.4, 0.5) is 0 Å². The molecule has 0 radical (unpaired) electrons. The summed E-state index contributed by atoms with van der Waals surface area (Å²) in [6.07, 6.45) is 6.83. The summed E-state index contributed by atoms with van der Waals surface area (Å²) in [7, 11) is 0. The number of rotatable bonds is 11. The first-order valence-electron chi connectivity index (χ1n) is 14.8. The average Bonchev–Trinajstić information content (AvgIpc) is 3.50. The topological polar surface area (TPSA) is 87.7 Å². The molecule has 2 amide bonds. The van der Waals surface area contributed by atoms with Crippen LogP contribution in [0.3, 0.4) is 0 Å². The summed E-state index contributed by atoms with van der Waals surface area (Å²) in [6, 6.07) is 26.1. The van der Waals surface area contributed by atoms with Gasteiger partial charge >= 0.3 is 0 Å². The maximum absolute atomic E-state index is 14.0. The maximum Gasteiger partial charge on any atom is 0.289 e. The van der Waals surface area contributed by atoms with Gasteiger partial charge in [-0.3, -0.25) is 14.4 Å². The predicted octanol–water partition coefficient (Wildman–Crippen LogP) is 5.19. The van der Waals surface area contributed by atoms with Gasteiger partial charge < -0.3 is 20.3 Å². The van der Waals surface area contributed by atoms with E-state index in [1.165, 1.54) is 6.42 Å². The number of benzene rings is 3. The van der Waals surface area contributed by atoms with Crippen molar-refractivity contribution < 1.29 is 19.1 Å². The third-order valence-electron chi connectivity index (χ3n) is 8.01. The molecule has 3 aromatic rings. The number of carbonyl (C=O) groups is 3. The Morgan fingerprint density at radius 1 is 0.780 bits per heavy atom. The molecule has 7 nitrogen and oxygen atoms in total. The molecule has 41 heavy (non-hydrogen) atoms. The van der Waals surface area contributed by atoms with Gasteiger partial charge in [0.1, 0.15) is 17.5 Å². The molecule has 0 aromatic heterocycles. The van der Waals surface area contributed by atoms with E-state index in [4.69, 9.17) is 4.74 Å². The monoisotopic (exact) mass is 553 g/mol. The zero-order valence-electron chi connectivity index (χ0n) is 23.5. The quantitative estimate of drug-likeness (QED) is 0.319. The Hall–Kier alpha value is -3.97. The Morgan fingerprint density at radius 3 is 2.22 bits per heavy atom. The Bertz CT molecular complexity index is 1310. The molecule has 0 bridgehead atoms. The molecule has 2 fully saturated rings. The van der Waals surface area contributed by atoms with E-state index in [9.17, 15) is 14.4 Å². The number of ether oxygens (including phenoxy) is 1. The van der Waals surface area contributed by atoms with Crippen LogP contribution >= 0.6 is 0 Å². The molecule has 2 N–H and O–H groups in total. The van der Waals surface area contributed by atoms with Crippen LogP contribution in [-0.2, 0) is 27.3 Å². The summed E-state index contributed by atoms with van der Waals surface area (Å²) in [4.78, 5) is 41.7. The second-order valence-electron chi connectivity index (χ2n) is 11.0. The minimum Gasteiger partial charge on any atom is -0.457 e. The Morgan fingerprint density at radius 2 is 1.46 bits per heavy atom. The maximum atomic E-state index is 14.0. The Balaban J connectivity index is 1.27. The third kappa shape index (κ3) is 7.82. The van der Waals surface area contributed by atoms with Crippen LogP contribution in [0.25, 0.3) is 0 Å². The number of carbonyl (C=O) groups excluding carboxylic acids is 3. The molecule has 0 spiro atoms. The van der Waals surface area contributed by atoms with Crippen molar-refractivity contribution in [2.24, 2.45) is 0 Å². The van der Waals surface area contributed by atoms with Gasteiger partial charge in [0.15, 0.2) is 0 Å². The third-order valence-corrected chi connectivity index (χ3v) is 8.01. The minimum absolute atomic E-state index is 0.0554. The van der Waals surface area contributed by atoms with Crippen LogP contribution in [0, 0.1) is 0 Å². The van der Waals surface area contributed by atoms with E-state index in [2.05, 4.69) is 10.6 Å². The minimum atomic E-state index is -0.714. The van der Waals surface area contributed by atoms with E-state index in [0.29, 0.717) is 32.4 Å². The standard InChI is InChI=1S/C34H39N3O4/c38-32(33(39)36-27-15-6-2-7-16-27)31-20-11-21-37(31)34(40)30(23-25-12-4-1-5-13-25)35-24-26-14-10-19-29(22-26)41-28-17-8-3-9-18-28/h1,3-5,8-10,12-14,17-19,22,27,30-31,35H,2,6-7,11,15-16,20-21,23-24H2,(H,36,39)/t30-,31-/m0/s1. The van der Waals surface area contributed by atoms with E-state index in [1.54, 1.807) is 4.90 Å². The van der Waals surface area contributed by atoms with Gasteiger partial charge in [0, 0.05) is 19.1 Å². The second kappa shape index (κ2) is 14.1. The molecular formula is C34H39N3O4. The highest BCUT2D eigenvalue weighted by Gasteiger charge is 2.40. The number of para-hydroxylation sites is 1. The first kappa shape index (κ1) is 28.6. The number of nitrogens with zero attached hydrogens (tertiary/aromatic N) is 1. The zero-order chi connectivity index (χ0) is 28.4. The highest BCUT2D eigenvalue weighted by atomic mass is 16.5. The SMILES string of the molecule is O=C(NC1CCCCC1)C(=O)[C@@H]1CCCN1C(=O)[C@H](Cc1ccccc1)NCc1cccc(Oc2ccccc2)c1. The number of likely N-dealkylation sites (tertiary alicyclic amines) is 1. The average molecular weight is 554 g/mol. The van der Waals surface area contributed by atoms with Crippen LogP contribution in [0.2, 0.25) is 0 Å². The number of Topliss-reactive ketones (excluding diaryl/α,β-unsaturated/α-hetero) is 1. The fourth-order valence-electron chi connectivity index (χ4n) is 5.84. The summed E-state index contributed by atoms with van der Waals surface area (Å²) in [5, 5.41) is 6.39. The largest absolute Gasteiger partial charge is 0.457 e. The smallest absolute Gasteiger partial charge is 0.289 e. The van der Waals surface area contributed by atoms with Gasteiger partial charge in [0.25, 0.3) is 5.91 Å². The van der Waals surface area contributed by atoms with Crippen LogP contribution in [0.5, 0.6) is 11.5 Å². The van der Waals surface area contributed by atoms with Gasteiger partial charge in [-0.15, -0.1) is 0 Å². The lowest BCUT2D eigenvalue weighted by molar-refractivity contribution is -0.145. The van der Waals surface area contributed by atoms with Gasteiger partial charge in [-0.1, -0.05) is 79.9 Å². The van der Waals surface area contributed by atoms with Gasteiger partial charge in [0.05, 0.1) is 6.04 Å². The van der Waals surface area contributed by atoms with Gasteiger partial charge in [-0.2, -0.15) is 0 Å². The van der Waals surface area contributed by atoms with Crippen molar-refractivity contribution in [3.63, 3.8) is 0 Å². The van der Waals surface area contributed by atoms with Crippen LogP contribution < -0.4 is 15.4 Å². The summed E-state index contributed by atoms with van der Waals surface area (Å²) < 4.78 is 5.99.